The van der Waals surface area contributed by atoms with Gasteiger partial charge >= 0.3 is 6.03 Å². The molecular formula is C21H21IN4O4. The van der Waals surface area contributed by atoms with Crippen molar-refractivity contribution in [1.29, 1.82) is 0 Å². The summed E-state index contributed by atoms with van der Waals surface area (Å²) in [6, 6.07) is 9.77. The smallest absolute Gasteiger partial charge is 0.318 e. The molecule has 1 heterocycles. The third kappa shape index (κ3) is 4.73. The van der Waals surface area contributed by atoms with E-state index in [1.807, 2.05) is 6.07 Å². The highest BCUT2D eigenvalue weighted by Crippen LogP contribution is 2.34. The number of amides is 3. The molecule has 0 saturated heterocycles. The molecule has 2 aromatic carbocycles. The average molecular weight is 520 g/mol. The fraction of sp³-hybridized carbons (Fsp3) is 0.190. The van der Waals surface area contributed by atoms with Gasteiger partial charge in [0.2, 0.25) is 0 Å². The van der Waals surface area contributed by atoms with Crippen molar-refractivity contribution in [3.8, 4) is 17.2 Å². The largest absolute Gasteiger partial charge is 0.507 e. The molecule has 0 bridgehead atoms. The van der Waals surface area contributed by atoms with Crippen LogP contribution in [0, 0.1) is 0 Å². The van der Waals surface area contributed by atoms with Crippen LogP contribution in [0.2, 0.25) is 0 Å². The number of urea groups is 1. The first kappa shape index (κ1) is 21.6. The van der Waals surface area contributed by atoms with Crippen molar-refractivity contribution in [2.75, 3.05) is 18.9 Å². The Morgan fingerprint density at radius 3 is 2.70 bits per heavy atom. The van der Waals surface area contributed by atoms with E-state index in [0.29, 0.717) is 39.1 Å². The number of rotatable bonds is 6. The zero-order valence-electron chi connectivity index (χ0n) is 16.5. The van der Waals surface area contributed by atoms with Gasteiger partial charge in [0, 0.05) is 41.4 Å². The Kier molecular flexibility index (Phi) is 6.93. The van der Waals surface area contributed by atoms with Crippen molar-refractivity contribution in [3.05, 3.63) is 53.7 Å². The fourth-order valence-electron chi connectivity index (χ4n) is 2.86. The van der Waals surface area contributed by atoms with Gasteiger partial charge in [-0.1, -0.05) is 22.6 Å². The van der Waals surface area contributed by atoms with E-state index < -0.39 is 0 Å². The summed E-state index contributed by atoms with van der Waals surface area (Å²) in [5, 5.41) is 18.8. The maximum absolute atomic E-state index is 12.2. The third-order valence-corrected chi connectivity index (χ3v) is 5.15. The van der Waals surface area contributed by atoms with Crippen molar-refractivity contribution in [3.63, 3.8) is 0 Å². The number of aromatic hydroxyl groups is 1. The molecule has 9 heteroatoms. The lowest BCUT2D eigenvalue weighted by Crippen LogP contribution is -2.24. The van der Waals surface area contributed by atoms with Gasteiger partial charge in [0.05, 0.1) is 11.1 Å². The topological polar surface area (TPSA) is 113 Å². The summed E-state index contributed by atoms with van der Waals surface area (Å²) in [5.41, 5.74) is 2.25. The van der Waals surface area contributed by atoms with Crippen LogP contribution in [-0.2, 0) is 4.43 Å². The number of ether oxygens (including phenoxy) is 1. The van der Waals surface area contributed by atoms with Gasteiger partial charge in [0.15, 0.2) is 0 Å². The highest BCUT2D eigenvalue weighted by molar-refractivity contribution is 14.1. The Morgan fingerprint density at radius 2 is 2.00 bits per heavy atom. The van der Waals surface area contributed by atoms with E-state index in [1.165, 1.54) is 6.07 Å². The maximum Gasteiger partial charge on any atom is 0.318 e. The molecule has 0 radical (unpaired) electrons. The van der Waals surface area contributed by atoms with Gasteiger partial charge in [0.1, 0.15) is 17.2 Å². The number of carbonyl (C=O) groups excluding carboxylic acids is 2. The first-order valence-electron chi connectivity index (χ1n) is 9.22. The van der Waals surface area contributed by atoms with Crippen LogP contribution in [0.4, 0.5) is 10.5 Å². The van der Waals surface area contributed by atoms with E-state index >= 15 is 0 Å². The van der Waals surface area contributed by atoms with Crippen LogP contribution in [0.15, 0.2) is 42.6 Å². The normalized spacial score (nSPS) is 10.5. The van der Waals surface area contributed by atoms with Gasteiger partial charge in [-0.3, -0.25) is 9.78 Å². The number of nitrogens with one attached hydrogen (secondary N) is 3. The summed E-state index contributed by atoms with van der Waals surface area (Å²) in [6.07, 6.45) is 1.57. The van der Waals surface area contributed by atoms with Crippen LogP contribution in [0.5, 0.6) is 17.2 Å². The quantitative estimate of drug-likeness (QED) is 0.288. The Morgan fingerprint density at radius 1 is 1.20 bits per heavy atom. The summed E-state index contributed by atoms with van der Waals surface area (Å²) in [6.45, 7) is 2.25. The van der Waals surface area contributed by atoms with Gasteiger partial charge in [-0.25, -0.2) is 4.79 Å². The molecular weight excluding hydrogens is 499 g/mol. The predicted octanol–water partition coefficient (Wildman–Crippen LogP) is 4.17. The second kappa shape index (κ2) is 9.61. The second-order valence-corrected chi connectivity index (χ2v) is 7.08. The fourth-order valence-corrected chi connectivity index (χ4v) is 3.49. The summed E-state index contributed by atoms with van der Waals surface area (Å²) in [5.74, 6) is 0.555. The number of phenolic OH excluding ortho intramolecular Hbond substituents is 1. The van der Waals surface area contributed by atoms with E-state index in [2.05, 4.69) is 43.5 Å². The van der Waals surface area contributed by atoms with Crippen molar-refractivity contribution in [1.82, 2.24) is 15.6 Å². The van der Waals surface area contributed by atoms with E-state index in [1.54, 1.807) is 44.4 Å². The molecule has 0 atom stereocenters. The van der Waals surface area contributed by atoms with Gasteiger partial charge in [-0.05, 0) is 42.8 Å². The molecule has 156 valence electrons. The van der Waals surface area contributed by atoms with E-state index in [-0.39, 0.29) is 23.3 Å². The lowest BCUT2D eigenvalue weighted by Gasteiger charge is -2.14. The number of alkyl halides is 1. The van der Waals surface area contributed by atoms with E-state index in [9.17, 15) is 14.7 Å². The molecule has 0 aliphatic carbocycles. The number of phenols is 1. The molecule has 8 nitrogen and oxygen atoms in total. The molecule has 4 N–H and O–H groups in total. The van der Waals surface area contributed by atoms with Crippen LogP contribution in [0.3, 0.4) is 0 Å². The Hall–Kier alpha value is -3.08. The molecule has 3 aromatic rings. The predicted molar refractivity (Wildman–Crippen MR) is 124 cm³/mol. The van der Waals surface area contributed by atoms with Crippen LogP contribution < -0.4 is 20.7 Å². The highest BCUT2D eigenvalue weighted by Gasteiger charge is 2.15. The zero-order chi connectivity index (χ0) is 21.7. The molecule has 0 aliphatic rings. The zero-order valence-corrected chi connectivity index (χ0v) is 18.6. The molecule has 30 heavy (non-hydrogen) atoms. The summed E-state index contributed by atoms with van der Waals surface area (Å²) in [4.78, 5) is 28.1. The standard InChI is InChI=1S/C21H21IN4O4/c1-3-24-20(28)15-9-14-17(10-18(15)27)25-7-6-19(14)30-13-4-5-16(12(8-13)11-22)26-21(29)23-2/h4-10,27H,3,11H2,1-2H3,(H,24,28)(H2,23,26,29). The SMILES string of the molecule is CCNC(=O)c1cc2c(Oc3ccc(NC(=O)NC)c(CI)c3)ccnc2cc1O. The first-order chi connectivity index (χ1) is 14.5. The van der Waals surface area contributed by atoms with Crippen molar-refractivity contribution in [2.45, 2.75) is 11.4 Å². The lowest BCUT2D eigenvalue weighted by molar-refractivity contribution is 0.0953. The second-order valence-electron chi connectivity index (χ2n) is 6.31. The van der Waals surface area contributed by atoms with Crippen LogP contribution >= 0.6 is 22.6 Å². The van der Waals surface area contributed by atoms with Crippen molar-refractivity contribution >= 4 is 51.1 Å². The number of hydrogen-bond donors (Lipinski definition) is 4. The summed E-state index contributed by atoms with van der Waals surface area (Å²) < 4.78 is 6.74. The lowest BCUT2D eigenvalue weighted by atomic mass is 10.1. The number of benzene rings is 2. The molecule has 3 amide bonds. The van der Waals surface area contributed by atoms with E-state index in [4.69, 9.17) is 4.74 Å². The van der Waals surface area contributed by atoms with E-state index in [0.717, 1.165) is 5.56 Å². The molecule has 1 aromatic heterocycles. The van der Waals surface area contributed by atoms with Crippen LogP contribution in [0.1, 0.15) is 22.8 Å². The number of fused-ring (bicyclic) bond motifs is 1. The molecule has 0 spiro atoms. The summed E-state index contributed by atoms with van der Waals surface area (Å²) in [7, 11) is 1.55. The van der Waals surface area contributed by atoms with Gasteiger partial charge < -0.3 is 25.8 Å². The molecule has 0 fully saturated rings. The summed E-state index contributed by atoms with van der Waals surface area (Å²) >= 11 is 2.21. The minimum absolute atomic E-state index is 0.144. The number of halogens is 1. The molecule has 0 saturated carbocycles. The number of aromatic nitrogens is 1. The Labute approximate surface area is 187 Å². The van der Waals surface area contributed by atoms with Gasteiger partial charge in [0.25, 0.3) is 5.91 Å². The molecule has 0 unspecified atom stereocenters. The number of anilines is 1. The number of carbonyl (C=O) groups is 2. The van der Waals surface area contributed by atoms with Crippen molar-refractivity contribution in [2.24, 2.45) is 0 Å². The van der Waals surface area contributed by atoms with Crippen LogP contribution in [0.25, 0.3) is 10.9 Å². The monoisotopic (exact) mass is 520 g/mol. The van der Waals surface area contributed by atoms with Crippen molar-refractivity contribution < 1.29 is 19.4 Å². The highest BCUT2D eigenvalue weighted by atomic mass is 127. The number of hydrogen-bond acceptors (Lipinski definition) is 5. The third-order valence-electron chi connectivity index (χ3n) is 4.32. The van der Waals surface area contributed by atoms with Crippen LogP contribution in [-0.4, -0.2) is 35.6 Å². The first-order valence-corrected chi connectivity index (χ1v) is 10.7. The Bertz CT molecular complexity index is 1100. The minimum atomic E-state index is -0.372. The Balaban J connectivity index is 1.98. The van der Waals surface area contributed by atoms with Gasteiger partial charge in [-0.2, -0.15) is 0 Å². The molecule has 3 rings (SSSR count). The van der Waals surface area contributed by atoms with Gasteiger partial charge in [-0.15, -0.1) is 0 Å². The number of nitrogens with zero attached hydrogens (tertiary/aromatic N) is 1. The maximum atomic E-state index is 12.2. The minimum Gasteiger partial charge on any atom is -0.507 e. The number of pyridine rings is 1. The average Bonchev–Trinajstić information content (AvgIpc) is 2.74. The molecule has 0 aliphatic heterocycles.